The molecule has 0 unspecified atom stereocenters. The van der Waals surface area contributed by atoms with Crippen molar-refractivity contribution in [2.45, 2.75) is 33.6 Å². The summed E-state index contributed by atoms with van der Waals surface area (Å²) in [7, 11) is 0. The number of benzene rings is 1. The van der Waals surface area contributed by atoms with Crippen molar-refractivity contribution in [2.75, 3.05) is 6.61 Å². The quantitative estimate of drug-likeness (QED) is 0.716. The van der Waals surface area contributed by atoms with E-state index in [2.05, 4.69) is 44.0 Å². The van der Waals surface area contributed by atoms with Gasteiger partial charge in [0.05, 0.1) is 6.61 Å². The molecular formula is C18H23NO. The highest BCUT2D eigenvalue weighted by atomic mass is 16.5. The van der Waals surface area contributed by atoms with Crippen molar-refractivity contribution in [3.63, 3.8) is 0 Å². The van der Waals surface area contributed by atoms with Gasteiger partial charge in [-0.05, 0) is 47.6 Å². The summed E-state index contributed by atoms with van der Waals surface area (Å²) in [6.07, 6.45) is 5.93. The van der Waals surface area contributed by atoms with Crippen molar-refractivity contribution in [2.24, 2.45) is 5.41 Å². The Morgan fingerprint density at radius 3 is 2.35 bits per heavy atom. The van der Waals surface area contributed by atoms with Gasteiger partial charge in [0.2, 0.25) is 0 Å². The topological polar surface area (TPSA) is 22.1 Å². The maximum absolute atomic E-state index is 5.78. The van der Waals surface area contributed by atoms with Gasteiger partial charge in [-0.1, -0.05) is 39.0 Å². The highest BCUT2D eigenvalue weighted by Crippen LogP contribution is 2.23. The van der Waals surface area contributed by atoms with Gasteiger partial charge in [-0.15, -0.1) is 0 Å². The first-order valence-corrected chi connectivity index (χ1v) is 7.18. The van der Waals surface area contributed by atoms with Gasteiger partial charge in [-0.2, -0.15) is 0 Å². The van der Waals surface area contributed by atoms with Crippen molar-refractivity contribution >= 4 is 0 Å². The molecule has 0 amide bonds. The summed E-state index contributed by atoms with van der Waals surface area (Å²) in [6.45, 7) is 7.56. The molecule has 2 nitrogen and oxygen atoms in total. The van der Waals surface area contributed by atoms with Crippen molar-refractivity contribution in [1.82, 2.24) is 4.98 Å². The summed E-state index contributed by atoms with van der Waals surface area (Å²) in [4.78, 5) is 4.14. The van der Waals surface area contributed by atoms with Gasteiger partial charge >= 0.3 is 0 Å². The predicted octanol–water partition coefficient (Wildman–Crippen LogP) is 4.95. The third kappa shape index (κ3) is 4.69. The minimum Gasteiger partial charge on any atom is -0.494 e. The van der Waals surface area contributed by atoms with Gasteiger partial charge in [-0.25, -0.2) is 0 Å². The molecule has 0 radical (unpaired) electrons. The second-order valence-electron chi connectivity index (χ2n) is 6.28. The summed E-state index contributed by atoms with van der Waals surface area (Å²) in [5.74, 6) is 0.937. The Bertz CT molecular complexity index is 511. The molecule has 0 spiro atoms. The van der Waals surface area contributed by atoms with Crippen molar-refractivity contribution in [3.8, 4) is 16.9 Å². The zero-order valence-corrected chi connectivity index (χ0v) is 12.6. The molecule has 2 aromatic rings. The molecule has 2 rings (SSSR count). The van der Waals surface area contributed by atoms with Crippen molar-refractivity contribution < 1.29 is 4.74 Å². The summed E-state index contributed by atoms with van der Waals surface area (Å²) in [5.41, 5.74) is 2.68. The number of nitrogens with zero attached hydrogens (tertiary/aromatic N) is 1. The molecule has 0 saturated heterocycles. The summed E-state index contributed by atoms with van der Waals surface area (Å²) in [6, 6.07) is 12.2. The predicted molar refractivity (Wildman–Crippen MR) is 83.9 cm³/mol. The van der Waals surface area contributed by atoms with Crippen LogP contribution in [0.5, 0.6) is 5.75 Å². The number of aromatic nitrogens is 1. The summed E-state index contributed by atoms with van der Waals surface area (Å²) in [5, 5.41) is 0. The molecule has 106 valence electrons. The fourth-order valence-electron chi connectivity index (χ4n) is 2.07. The number of rotatable bonds is 5. The average Bonchev–Trinajstić information content (AvgIpc) is 2.44. The highest BCUT2D eigenvalue weighted by Gasteiger charge is 2.09. The molecule has 0 aliphatic rings. The first-order valence-electron chi connectivity index (χ1n) is 7.18. The van der Waals surface area contributed by atoms with E-state index < -0.39 is 0 Å². The Morgan fingerprint density at radius 1 is 1.00 bits per heavy atom. The Morgan fingerprint density at radius 2 is 1.75 bits per heavy atom. The molecule has 1 aromatic heterocycles. The highest BCUT2D eigenvalue weighted by molar-refractivity contribution is 5.62. The van der Waals surface area contributed by atoms with E-state index in [9.17, 15) is 0 Å². The van der Waals surface area contributed by atoms with Gasteiger partial charge in [0.1, 0.15) is 5.75 Å². The molecule has 0 N–H and O–H groups in total. The molecule has 0 atom stereocenters. The van der Waals surface area contributed by atoms with Gasteiger partial charge in [0, 0.05) is 12.4 Å². The first-order chi connectivity index (χ1) is 9.54. The summed E-state index contributed by atoms with van der Waals surface area (Å²) >= 11 is 0. The van der Waals surface area contributed by atoms with Gasteiger partial charge < -0.3 is 4.74 Å². The first kappa shape index (κ1) is 14.6. The third-order valence-corrected chi connectivity index (χ3v) is 3.19. The van der Waals surface area contributed by atoms with Crippen LogP contribution in [0, 0.1) is 5.41 Å². The van der Waals surface area contributed by atoms with Crippen LogP contribution in [0.2, 0.25) is 0 Å². The van der Waals surface area contributed by atoms with Crippen LogP contribution in [-0.4, -0.2) is 11.6 Å². The minimum atomic E-state index is 0.382. The van der Waals surface area contributed by atoms with Gasteiger partial charge in [0.15, 0.2) is 0 Å². The fourth-order valence-corrected chi connectivity index (χ4v) is 2.07. The smallest absolute Gasteiger partial charge is 0.119 e. The van der Waals surface area contributed by atoms with E-state index in [0.29, 0.717) is 5.41 Å². The van der Waals surface area contributed by atoms with Gasteiger partial charge in [0.25, 0.3) is 0 Å². The largest absolute Gasteiger partial charge is 0.494 e. The van der Waals surface area contributed by atoms with Crippen LogP contribution < -0.4 is 4.74 Å². The minimum absolute atomic E-state index is 0.382. The Hall–Kier alpha value is -1.83. The maximum atomic E-state index is 5.78. The Balaban J connectivity index is 1.86. The normalized spacial score (nSPS) is 11.3. The number of ether oxygens (including phenoxy) is 1. The van der Waals surface area contributed by atoms with E-state index in [1.54, 1.807) is 6.20 Å². The molecule has 1 heterocycles. The molecule has 20 heavy (non-hydrogen) atoms. The van der Waals surface area contributed by atoms with Crippen LogP contribution in [0.3, 0.4) is 0 Å². The van der Waals surface area contributed by atoms with Crippen molar-refractivity contribution in [1.29, 1.82) is 0 Å². The lowest BCUT2D eigenvalue weighted by Gasteiger charge is -2.17. The van der Waals surface area contributed by atoms with Crippen molar-refractivity contribution in [3.05, 3.63) is 48.8 Å². The SMILES string of the molecule is CC(C)(C)CCCOc1ccc(-c2cccnc2)cc1. The molecule has 1 aromatic carbocycles. The Kier molecular flexibility index (Phi) is 4.78. The monoisotopic (exact) mass is 269 g/mol. The van der Waals surface area contributed by atoms with E-state index >= 15 is 0 Å². The molecule has 0 saturated carbocycles. The zero-order valence-electron chi connectivity index (χ0n) is 12.6. The number of pyridine rings is 1. The maximum Gasteiger partial charge on any atom is 0.119 e. The number of hydrogen-bond acceptors (Lipinski definition) is 2. The van der Waals surface area contributed by atoms with Crippen LogP contribution in [0.4, 0.5) is 0 Å². The Labute approximate surface area is 121 Å². The van der Waals surface area contributed by atoms with E-state index in [4.69, 9.17) is 4.74 Å². The fraction of sp³-hybridized carbons (Fsp3) is 0.389. The van der Waals surface area contributed by atoms with E-state index in [1.807, 2.05) is 24.4 Å². The zero-order chi connectivity index (χ0) is 14.4. The lowest BCUT2D eigenvalue weighted by Crippen LogP contribution is -2.07. The van der Waals surface area contributed by atoms with E-state index in [0.717, 1.165) is 24.3 Å². The van der Waals surface area contributed by atoms with E-state index in [1.165, 1.54) is 12.0 Å². The number of hydrogen-bond donors (Lipinski definition) is 0. The second kappa shape index (κ2) is 6.56. The van der Waals surface area contributed by atoms with E-state index in [-0.39, 0.29) is 0 Å². The molecule has 2 heteroatoms. The van der Waals surface area contributed by atoms with Gasteiger partial charge in [-0.3, -0.25) is 4.98 Å². The van der Waals surface area contributed by atoms with Crippen LogP contribution >= 0.6 is 0 Å². The summed E-state index contributed by atoms with van der Waals surface area (Å²) < 4.78 is 5.78. The lowest BCUT2D eigenvalue weighted by atomic mass is 9.91. The standard InChI is InChI=1S/C18H23NO/c1-18(2,3)11-5-13-20-17-9-7-15(8-10-17)16-6-4-12-19-14-16/h4,6-10,12,14H,5,11,13H2,1-3H3. The molecule has 0 aliphatic carbocycles. The third-order valence-electron chi connectivity index (χ3n) is 3.19. The average molecular weight is 269 g/mol. The molecule has 0 fully saturated rings. The molecule has 0 bridgehead atoms. The van der Waals surface area contributed by atoms with Crippen LogP contribution in [0.15, 0.2) is 48.8 Å². The molecular weight excluding hydrogens is 246 g/mol. The van der Waals surface area contributed by atoms with Crippen LogP contribution in [0.1, 0.15) is 33.6 Å². The molecule has 0 aliphatic heterocycles. The van der Waals surface area contributed by atoms with Crippen LogP contribution in [0.25, 0.3) is 11.1 Å². The van der Waals surface area contributed by atoms with Crippen LogP contribution in [-0.2, 0) is 0 Å². The lowest BCUT2D eigenvalue weighted by molar-refractivity contribution is 0.269. The second-order valence-corrected chi connectivity index (χ2v) is 6.28.